The van der Waals surface area contributed by atoms with Gasteiger partial charge >= 0.3 is 0 Å². The number of hydrogen-bond acceptors (Lipinski definition) is 4. The molecular formula is C13H13ClN4O2. The summed E-state index contributed by atoms with van der Waals surface area (Å²) in [6, 6.07) is 1.59. The van der Waals surface area contributed by atoms with Crippen molar-refractivity contribution in [3.63, 3.8) is 0 Å². The number of ether oxygens (including phenoxy) is 1. The third-order valence-electron chi connectivity index (χ3n) is 3.34. The molecule has 1 atom stereocenters. The molecule has 2 N–H and O–H groups in total. The summed E-state index contributed by atoms with van der Waals surface area (Å²) in [4.78, 5) is 23.6. The van der Waals surface area contributed by atoms with E-state index in [2.05, 4.69) is 20.3 Å². The minimum absolute atomic E-state index is 0.265. The fourth-order valence-corrected chi connectivity index (χ4v) is 2.49. The number of nitrogens with one attached hydrogen (secondary N) is 2. The molecule has 7 heteroatoms. The zero-order chi connectivity index (χ0) is 14.0. The summed E-state index contributed by atoms with van der Waals surface area (Å²) >= 11 is 6.00. The third-order valence-corrected chi connectivity index (χ3v) is 3.64. The quantitative estimate of drug-likeness (QED) is 0.898. The van der Waals surface area contributed by atoms with Gasteiger partial charge in [-0.05, 0) is 6.07 Å². The number of H-pyrrole nitrogens is 1. The Balaban J connectivity index is 1.88. The van der Waals surface area contributed by atoms with Gasteiger partial charge in [0.25, 0.3) is 5.91 Å². The van der Waals surface area contributed by atoms with Crippen molar-refractivity contribution in [3.05, 3.63) is 47.3 Å². The number of carbonyl (C=O) groups is 1. The maximum atomic E-state index is 12.4. The van der Waals surface area contributed by atoms with Crippen LogP contribution in [0, 0.1) is 0 Å². The van der Waals surface area contributed by atoms with E-state index in [9.17, 15) is 4.79 Å². The maximum absolute atomic E-state index is 12.4. The lowest BCUT2D eigenvalue weighted by Crippen LogP contribution is -2.47. The number of aromatic nitrogens is 3. The number of carbonyl (C=O) groups excluding carboxylic acids is 1. The average molecular weight is 293 g/mol. The number of amides is 1. The van der Waals surface area contributed by atoms with Gasteiger partial charge in [-0.2, -0.15) is 0 Å². The zero-order valence-corrected chi connectivity index (χ0v) is 11.4. The van der Waals surface area contributed by atoms with Crippen LogP contribution in [0.1, 0.15) is 22.6 Å². The summed E-state index contributed by atoms with van der Waals surface area (Å²) in [6.07, 6.45) is 7.02. The van der Waals surface area contributed by atoms with Gasteiger partial charge in [-0.25, -0.2) is 4.98 Å². The second-order valence-corrected chi connectivity index (χ2v) is 5.04. The molecule has 6 nitrogen and oxygen atoms in total. The number of imidazole rings is 1. The lowest BCUT2D eigenvalue weighted by molar-refractivity contribution is 0.0869. The molecule has 0 aliphatic carbocycles. The van der Waals surface area contributed by atoms with Crippen LogP contribution in [0.3, 0.4) is 0 Å². The molecule has 0 bridgehead atoms. The molecule has 0 radical (unpaired) electrons. The first-order chi connectivity index (χ1) is 9.71. The fraction of sp³-hybridized carbons (Fsp3) is 0.308. The smallest absolute Gasteiger partial charge is 0.253 e. The SMILES string of the molecule is O=C(NC1(c2ncc[nH]2)CCOC1)c1ccncc1Cl. The Morgan fingerprint density at radius 2 is 2.40 bits per heavy atom. The highest BCUT2D eigenvalue weighted by Gasteiger charge is 2.40. The van der Waals surface area contributed by atoms with Crippen LogP contribution in [-0.4, -0.2) is 34.1 Å². The van der Waals surface area contributed by atoms with Crippen molar-refractivity contribution in [2.45, 2.75) is 12.0 Å². The second kappa shape index (κ2) is 5.22. The molecular weight excluding hydrogens is 280 g/mol. The number of rotatable bonds is 3. The van der Waals surface area contributed by atoms with Crippen LogP contribution < -0.4 is 5.32 Å². The highest BCUT2D eigenvalue weighted by atomic mass is 35.5. The monoisotopic (exact) mass is 292 g/mol. The molecule has 0 aromatic carbocycles. The van der Waals surface area contributed by atoms with Gasteiger partial charge < -0.3 is 15.0 Å². The standard InChI is InChI=1S/C13H13ClN4O2/c14-10-7-15-3-1-9(10)11(19)18-13(2-6-20-8-13)12-16-4-5-17-12/h1,3-5,7H,2,6,8H2,(H,16,17)(H,18,19). The Morgan fingerprint density at radius 1 is 1.50 bits per heavy atom. The van der Waals surface area contributed by atoms with Crippen LogP contribution in [-0.2, 0) is 10.3 Å². The molecule has 0 spiro atoms. The van der Waals surface area contributed by atoms with Gasteiger partial charge in [0.05, 0.1) is 17.2 Å². The van der Waals surface area contributed by atoms with Crippen LogP contribution in [0.15, 0.2) is 30.9 Å². The Hall–Kier alpha value is -1.92. The van der Waals surface area contributed by atoms with E-state index in [4.69, 9.17) is 16.3 Å². The van der Waals surface area contributed by atoms with Crippen molar-refractivity contribution in [3.8, 4) is 0 Å². The molecule has 1 fully saturated rings. The van der Waals surface area contributed by atoms with Crippen molar-refractivity contribution < 1.29 is 9.53 Å². The number of hydrogen-bond donors (Lipinski definition) is 2. The first kappa shape index (κ1) is 13.1. The highest BCUT2D eigenvalue weighted by Crippen LogP contribution is 2.28. The zero-order valence-electron chi connectivity index (χ0n) is 10.6. The van der Waals surface area contributed by atoms with Gasteiger partial charge in [-0.3, -0.25) is 9.78 Å². The lowest BCUT2D eigenvalue weighted by atomic mass is 9.97. The molecule has 2 aromatic rings. The van der Waals surface area contributed by atoms with Crippen molar-refractivity contribution in [2.24, 2.45) is 0 Å². The second-order valence-electron chi connectivity index (χ2n) is 4.63. The molecule has 3 heterocycles. The molecule has 2 aromatic heterocycles. The molecule has 20 heavy (non-hydrogen) atoms. The topological polar surface area (TPSA) is 79.9 Å². The Morgan fingerprint density at radius 3 is 3.05 bits per heavy atom. The van der Waals surface area contributed by atoms with Gasteiger partial charge in [-0.15, -0.1) is 0 Å². The summed E-state index contributed by atoms with van der Waals surface area (Å²) in [5.41, 5.74) is -0.243. The summed E-state index contributed by atoms with van der Waals surface area (Å²) in [5, 5.41) is 3.30. The number of nitrogens with zero attached hydrogens (tertiary/aromatic N) is 2. The van der Waals surface area contributed by atoms with E-state index < -0.39 is 5.54 Å². The normalized spacial score (nSPS) is 21.9. The first-order valence-electron chi connectivity index (χ1n) is 6.21. The molecule has 1 saturated heterocycles. The summed E-state index contributed by atoms with van der Waals surface area (Å²) in [5.74, 6) is 0.424. The molecule has 104 valence electrons. The third kappa shape index (κ3) is 2.28. The van der Waals surface area contributed by atoms with E-state index in [1.54, 1.807) is 18.5 Å². The number of aromatic amines is 1. The first-order valence-corrected chi connectivity index (χ1v) is 6.59. The van der Waals surface area contributed by atoms with Crippen molar-refractivity contribution in [2.75, 3.05) is 13.2 Å². The van der Waals surface area contributed by atoms with Crippen LogP contribution in [0.5, 0.6) is 0 Å². The summed E-state index contributed by atoms with van der Waals surface area (Å²) in [6.45, 7) is 0.958. The van der Waals surface area contributed by atoms with E-state index in [0.29, 0.717) is 36.0 Å². The van der Waals surface area contributed by atoms with Crippen LogP contribution >= 0.6 is 11.6 Å². The largest absolute Gasteiger partial charge is 0.378 e. The highest BCUT2D eigenvalue weighted by molar-refractivity contribution is 6.33. The Labute approximate surface area is 120 Å². The number of halogens is 1. The Bertz CT molecular complexity index is 609. The Kier molecular flexibility index (Phi) is 3.42. The van der Waals surface area contributed by atoms with E-state index >= 15 is 0 Å². The predicted octanol–water partition coefficient (Wildman–Crippen LogP) is 1.50. The summed E-state index contributed by atoms with van der Waals surface area (Å²) in [7, 11) is 0. The molecule has 1 aliphatic heterocycles. The van der Waals surface area contributed by atoms with Crippen LogP contribution in [0.4, 0.5) is 0 Å². The molecule has 1 aliphatic rings. The molecule has 0 saturated carbocycles. The van der Waals surface area contributed by atoms with Crippen molar-refractivity contribution in [1.29, 1.82) is 0 Å². The molecule has 1 unspecified atom stereocenters. The fourth-order valence-electron chi connectivity index (χ4n) is 2.28. The molecule has 1 amide bonds. The molecule has 3 rings (SSSR count). The lowest BCUT2D eigenvalue weighted by Gasteiger charge is -2.26. The van der Waals surface area contributed by atoms with Crippen molar-refractivity contribution in [1.82, 2.24) is 20.3 Å². The maximum Gasteiger partial charge on any atom is 0.253 e. The van der Waals surface area contributed by atoms with E-state index in [1.807, 2.05) is 0 Å². The predicted molar refractivity (Wildman–Crippen MR) is 72.4 cm³/mol. The average Bonchev–Trinajstić information content (AvgIpc) is 3.10. The minimum atomic E-state index is -0.632. The van der Waals surface area contributed by atoms with E-state index in [0.717, 1.165) is 0 Å². The van der Waals surface area contributed by atoms with E-state index in [1.165, 1.54) is 12.4 Å². The number of pyridine rings is 1. The van der Waals surface area contributed by atoms with Gasteiger partial charge in [-0.1, -0.05) is 11.6 Å². The van der Waals surface area contributed by atoms with Gasteiger partial charge in [0.1, 0.15) is 11.4 Å². The van der Waals surface area contributed by atoms with Crippen LogP contribution in [0.25, 0.3) is 0 Å². The van der Waals surface area contributed by atoms with Crippen LogP contribution in [0.2, 0.25) is 5.02 Å². The minimum Gasteiger partial charge on any atom is -0.378 e. The van der Waals surface area contributed by atoms with E-state index in [-0.39, 0.29) is 5.91 Å². The summed E-state index contributed by atoms with van der Waals surface area (Å²) < 4.78 is 5.43. The van der Waals surface area contributed by atoms with Gasteiger partial charge in [0, 0.05) is 37.8 Å². The van der Waals surface area contributed by atoms with Crippen molar-refractivity contribution >= 4 is 17.5 Å². The van der Waals surface area contributed by atoms with Gasteiger partial charge in [0.2, 0.25) is 0 Å². The van der Waals surface area contributed by atoms with Gasteiger partial charge in [0.15, 0.2) is 0 Å².